The summed E-state index contributed by atoms with van der Waals surface area (Å²) in [6.45, 7) is 7.76. The fourth-order valence-corrected chi connectivity index (χ4v) is 3.42. The lowest BCUT2D eigenvalue weighted by atomic mass is 9.86. The maximum atomic E-state index is 12.1. The van der Waals surface area contributed by atoms with Gasteiger partial charge in [0.15, 0.2) is 0 Å². The van der Waals surface area contributed by atoms with Crippen molar-refractivity contribution in [3.8, 4) is 5.75 Å². The lowest BCUT2D eigenvalue weighted by molar-refractivity contribution is 0.246. The molecule has 0 bridgehead atoms. The van der Waals surface area contributed by atoms with Gasteiger partial charge in [0.2, 0.25) is 0 Å². The third kappa shape index (κ3) is 3.07. The van der Waals surface area contributed by atoms with Crippen LogP contribution in [0.4, 0.5) is 0 Å². The Kier molecular flexibility index (Phi) is 3.79. The van der Waals surface area contributed by atoms with Gasteiger partial charge in [-0.3, -0.25) is 0 Å². The Morgan fingerprint density at radius 2 is 2.00 bits per heavy atom. The van der Waals surface area contributed by atoms with Crippen LogP contribution in [0.1, 0.15) is 33.3 Å². The van der Waals surface area contributed by atoms with Crippen molar-refractivity contribution in [1.29, 1.82) is 5.41 Å². The van der Waals surface area contributed by atoms with E-state index in [0.29, 0.717) is 17.9 Å². The van der Waals surface area contributed by atoms with Crippen molar-refractivity contribution in [1.82, 2.24) is 0 Å². The molecular weight excluding hydrogens is 292 g/mol. The molecule has 1 N–H and O–H groups in total. The van der Waals surface area contributed by atoms with Gasteiger partial charge in [0.05, 0.1) is 12.3 Å². The van der Waals surface area contributed by atoms with E-state index in [2.05, 4.69) is 4.40 Å². The Morgan fingerprint density at radius 3 is 2.57 bits per heavy atom. The fourth-order valence-electron chi connectivity index (χ4n) is 2.00. The minimum atomic E-state index is -3.71. The molecule has 0 fully saturated rings. The molecule has 1 aromatic rings. The second kappa shape index (κ2) is 5.14. The van der Waals surface area contributed by atoms with Gasteiger partial charge in [-0.2, -0.15) is 12.8 Å². The number of nitrogens with one attached hydrogen (secondary N) is 1. The summed E-state index contributed by atoms with van der Waals surface area (Å²) in [6.07, 6.45) is -0.371. The van der Waals surface area contributed by atoms with Gasteiger partial charge >= 0.3 is 6.08 Å². The third-order valence-electron chi connectivity index (χ3n) is 2.89. The van der Waals surface area contributed by atoms with E-state index in [4.69, 9.17) is 14.9 Å². The quantitative estimate of drug-likeness (QED) is 0.671. The Balaban J connectivity index is 2.42. The summed E-state index contributed by atoms with van der Waals surface area (Å²) < 4.78 is 38.2. The summed E-state index contributed by atoms with van der Waals surface area (Å²) in [4.78, 5) is 0.106. The Bertz CT molecular complexity index is 715. The van der Waals surface area contributed by atoms with Crippen molar-refractivity contribution in [2.75, 3.05) is 6.61 Å². The number of benzene rings is 1. The lowest BCUT2D eigenvalue weighted by Gasteiger charge is -2.18. The molecule has 1 heterocycles. The summed E-state index contributed by atoms with van der Waals surface area (Å²) in [6, 6.07) is 4.63. The van der Waals surface area contributed by atoms with Crippen molar-refractivity contribution in [2.24, 2.45) is 9.81 Å². The number of fused-ring (bicyclic) bond motifs is 1. The fraction of sp³-hybridized carbons (Fsp3) is 0.429. The summed E-state index contributed by atoms with van der Waals surface area (Å²) >= 11 is 0. The second-order valence-electron chi connectivity index (χ2n) is 5.65. The Labute approximate surface area is 124 Å². The number of nitrogens with zero attached hydrogens (tertiary/aromatic N) is 1. The summed E-state index contributed by atoms with van der Waals surface area (Å²) in [7, 11) is -3.71. The van der Waals surface area contributed by atoms with Crippen LogP contribution in [0.5, 0.6) is 5.75 Å². The highest BCUT2D eigenvalue weighted by Crippen LogP contribution is 2.36. The molecule has 2 rings (SSSR count). The summed E-state index contributed by atoms with van der Waals surface area (Å²) in [5.74, 6) is 0.237. The van der Waals surface area contributed by atoms with E-state index in [1.807, 2.05) is 20.8 Å². The highest BCUT2D eigenvalue weighted by Gasteiger charge is 2.35. The largest absolute Gasteiger partial charge is 0.451 e. The molecule has 21 heavy (non-hydrogen) atoms. The minimum absolute atomic E-state index is 0.106. The molecule has 1 aromatic carbocycles. The van der Waals surface area contributed by atoms with Gasteiger partial charge < -0.3 is 9.47 Å². The van der Waals surface area contributed by atoms with Crippen molar-refractivity contribution in [3.63, 3.8) is 0 Å². The van der Waals surface area contributed by atoms with Crippen LogP contribution in [-0.4, -0.2) is 26.8 Å². The average molecular weight is 310 g/mol. The van der Waals surface area contributed by atoms with Crippen molar-refractivity contribution in [2.45, 2.75) is 32.6 Å². The zero-order chi connectivity index (χ0) is 15.8. The molecule has 0 unspecified atom stereocenters. The first-order chi connectivity index (χ1) is 9.65. The van der Waals surface area contributed by atoms with Crippen LogP contribution in [0.3, 0.4) is 0 Å². The molecule has 0 aliphatic carbocycles. The predicted molar refractivity (Wildman–Crippen MR) is 79.6 cm³/mol. The van der Waals surface area contributed by atoms with E-state index in [-0.39, 0.29) is 22.1 Å². The molecular formula is C14H18N2O4S. The van der Waals surface area contributed by atoms with E-state index in [0.717, 1.165) is 0 Å². The van der Waals surface area contributed by atoms with Gasteiger partial charge in [0, 0.05) is 17.0 Å². The van der Waals surface area contributed by atoms with E-state index in [9.17, 15) is 8.42 Å². The number of rotatable bonds is 2. The normalized spacial score (nSPS) is 16.1. The van der Waals surface area contributed by atoms with Gasteiger partial charge in [0.1, 0.15) is 10.6 Å². The van der Waals surface area contributed by atoms with E-state index < -0.39 is 10.0 Å². The summed E-state index contributed by atoms with van der Waals surface area (Å²) in [5, 5.41) is 7.44. The van der Waals surface area contributed by atoms with Gasteiger partial charge in [-0.05, 0) is 19.1 Å². The van der Waals surface area contributed by atoms with Crippen LogP contribution in [0.15, 0.2) is 27.5 Å². The SMILES string of the molecule is CCOC(=N)Oc1ccc2c(c1)S(=O)(=O)N=C2C(C)(C)C. The Hall–Kier alpha value is -1.89. The first-order valence-corrected chi connectivity index (χ1v) is 7.98. The zero-order valence-corrected chi connectivity index (χ0v) is 13.2. The van der Waals surface area contributed by atoms with Gasteiger partial charge in [-0.25, -0.2) is 5.41 Å². The van der Waals surface area contributed by atoms with Crippen LogP contribution in [-0.2, 0) is 14.8 Å². The monoisotopic (exact) mass is 310 g/mol. The van der Waals surface area contributed by atoms with E-state index >= 15 is 0 Å². The molecule has 0 aromatic heterocycles. The molecule has 6 nitrogen and oxygen atoms in total. The number of hydrogen-bond acceptors (Lipinski definition) is 5. The highest BCUT2D eigenvalue weighted by molar-refractivity contribution is 7.90. The minimum Gasteiger partial charge on any atom is -0.451 e. The third-order valence-corrected chi connectivity index (χ3v) is 4.21. The molecule has 7 heteroatoms. The van der Waals surface area contributed by atoms with Crippen molar-refractivity contribution in [3.05, 3.63) is 23.8 Å². The highest BCUT2D eigenvalue weighted by atomic mass is 32.2. The summed E-state index contributed by atoms with van der Waals surface area (Å²) in [5.41, 5.74) is 0.736. The van der Waals surface area contributed by atoms with Crippen molar-refractivity contribution < 1.29 is 17.9 Å². The predicted octanol–water partition coefficient (Wildman–Crippen LogP) is 2.57. The zero-order valence-electron chi connectivity index (χ0n) is 12.4. The maximum absolute atomic E-state index is 12.1. The van der Waals surface area contributed by atoms with E-state index in [1.165, 1.54) is 6.07 Å². The number of ether oxygens (including phenoxy) is 2. The van der Waals surface area contributed by atoms with Gasteiger partial charge in [0.25, 0.3) is 10.0 Å². The molecule has 0 radical (unpaired) electrons. The molecule has 1 aliphatic heterocycles. The van der Waals surface area contributed by atoms with Crippen LogP contribution < -0.4 is 4.74 Å². The van der Waals surface area contributed by atoms with Gasteiger partial charge in [-0.15, -0.1) is 0 Å². The smallest absolute Gasteiger partial charge is 0.386 e. The molecule has 0 amide bonds. The standard InChI is InChI=1S/C14H18N2O4S/c1-5-19-13(15)20-9-6-7-10-11(8-9)21(17,18)16-12(10)14(2,3)4/h6-8,15H,5H2,1-4H3. The number of sulfonamides is 1. The molecule has 1 aliphatic rings. The maximum Gasteiger partial charge on any atom is 0.386 e. The molecule has 0 saturated carbocycles. The topological polar surface area (TPSA) is 88.8 Å². The molecule has 0 spiro atoms. The van der Waals surface area contributed by atoms with Crippen LogP contribution in [0.25, 0.3) is 0 Å². The first kappa shape index (κ1) is 15.5. The second-order valence-corrected chi connectivity index (χ2v) is 7.22. The Morgan fingerprint density at radius 1 is 1.33 bits per heavy atom. The molecule has 0 saturated heterocycles. The first-order valence-electron chi connectivity index (χ1n) is 6.54. The van der Waals surface area contributed by atoms with Crippen LogP contribution in [0.2, 0.25) is 0 Å². The van der Waals surface area contributed by atoms with Crippen LogP contribution in [0, 0.1) is 10.8 Å². The van der Waals surface area contributed by atoms with Gasteiger partial charge in [-0.1, -0.05) is 20.8 Å². The van der Waals surface area contributed by atoms with Crippen LogP contribution >= 0.6 is 0 Å². The van der Waals surface area contributed by atoms with Crippen molar-refractivity contribution >= 4 is 21.8 Å². The molecule has 0 atom stereocenters. The average Bonchev–Trinajstić information content (AvgIpc) is 2.62. The lowest BCUT2D eigenvalue weighted by Crippen LogP contribution is -2.19. The molecule has 114 valence electrons. The number of hydrogen-bond donors (Lipinski definition) is 1. The van der Waals surface area contributed by atoms with E-state index in [1.54, 1.807) is 19.1 Å².